The molecule has 0 atom stereocenters. The number of hydrogen-bond acceptors (Lipinski definition) is 0. The van der Waals surface area contributed by atoms with E-state index in [0.29, 0.717) is 0 Å². The van der Waals surface area contributed by atoms with Crippen LogP contribution in [-0.2, 0) is 0 Å². The minimum atomic E-state index is -0.155. The van der Waals surface area contributed by atoms with E-state index < -0.39 is 0 Å². The first kappa shape index (κ1) is 9.43. The summed E-state index contributed by atoms with van der Waals surface area (Å²) in [6.45, 7) is 0. The molecule has 17 heavy (non-hydrogen) atoms. The average molecular weight is 233 g/mol. The summed E-state index contributed by atoms with van der Waals surface area (Å²) in [4.78, 5) is 0. The van der Waals surface area contributed by atoms with Crippen molar-refractivity contribution in [1.82, 2.24) is 0 Å². The summed E-state index contributed by atoms with van der Waals surface area (Å²) in [6, 6.07) is 23.1. The van der Waals surface area contributed by atoms with E-state index in [2.05, 4.69) is 54.6 Å². The summed E-state index contributed by atoms with van der Waals surface area (Å²) in [7, 11) is -0.155. The summed E-state index contributed by atoms with van der Waals surface area (Å²) in [6.07, 6.45) is 0. The average Bonchev–Trinajstić information content (AvgIpc) is 3.20. The Kier molecular flexibility index (Phi) is 1.91. The number of benzene rings is 3. The van der Waals surface area contributed by atoms with Gasteiger partial charge in [0.15, 0.2) is 0 Å². The van der Waals surface area contributed by atoms with Crippen molar-refractivity contribution in [1.29, 1.82) is 0 Å². The SMILES string of the molecule is c1ccc2cc3c([Si]4CC4)cccc3cc2c1. The summed E-state index contributed by atoms with van der Waals surface area (Å²) in [5.74, 6) is 0. The van der Waals surface area contributed by atoms with Gasteiger partial charge in [-0.3, -0.25) is 0 Å². The van der Waals surface area contributed by atoms with Crippen molar-refractivity contribution in [3.8, 4) is 0 Å². The fraction of sp³-hybridized carbons (Fsp3) is 0.125. The van der Waals surface area contributed by atoms with Gasteiger partial charge in [-0.15, -0.1) is 0 Å². The first-order valence-electron chi connectivity index (χ1n) is 6.18. The van der Waals surface area contributed by atoms with Crippen LogP contribution in [0, 0.1) is 0 Å². The van der Waals surface area contributed by atoms with E-state index in [9.17, 15) is 0 Å². The second-order valence-corrected chi connectivity index (χ2v) is 7.58. The molecule has 1 heteroatoms. The lowest BCUT2D eigenvalue weighted by Gasteiger charge is -2.06. The van der Waals surface area contributed by atoms with E-state index in [0.717, 1.165) is 0 Å². The molecule has 1 radical (unpaired) electrons. The second kappa shape index (κ2) is 3.44. The molecule has 1 heterocycles. The lowest BCUT2D eigenvalue weighted by Crippen LogP contribution is -2.15. The molecule has 1 fully saturated rings. The molecule has 0 unspecified atom stereocenters. The Morgan fingerprint density at radius 1 is 0.706 bits per heavy atom. The second-order valence-electron chi connectivity index (χ2n) is 4.83. The number of hydrogen-bond donors (Lipinski definition) is 0. The van der Waals surface area contributed by atoms with Crippen LogP contribution in [0.3, 0.4) is 0 Å². The highest BCUT2D eigenvalue weighted by molar-refractivity contribution is 6.84. The molecule has 1 saturated heterocycles. The molecule has 4 rings (SSSR count). The highest BCUT2D eigenvalue weighted by Crippen LogP contribution is 2.27. The maximum absolute atomic E-state index is 2.38. The van der Waals surface area contributed by atoms with Crippen molar-refractivity contribution in [2.45, 2.75) is 12.1 Å². The van der Waals surface area contributed by atoms with Crippen LogP contribution in [0.1, 0.15) is 0 Å². The topological polar surface area (TPSA) is 0 Å². The van der Waals surface area contributed by atoms with Gasteiger partial charge in [-0.2, -0.15) is 0 Å². The monoisotopic (exact) mass is 233 g/mol. The Bertz CT molecular complexity index is 711. The summed E-state index contributed by atoms with van der Waals surface area (Å²) in [5.41, 5.74) is 0. The molecule has 0 aromatic heterocycles. The molecule has 0 bridgehead atoms. The smallest absolute Gasteiger partial charge is 0.0626 e. The molecule has 1 aliphatic rings. The maximum atomic E-state index is 2.38. The van der Waals surface area contributed by atoms with Crippen molar-refractivity contribution in [3.05, 3.63) is 54.6 Å². The molecule has 3 aromatic rings. The normalized spacial score (nSPS) is 15.5. The predicted molar refractivity (Wildman–Crippen MR) is 76.5 cm³/mol. The number of fused-ring (bicyclic) bond motifs is 2. The third-order valence-electron chi connectivity index (χ3n) is 3.63. The highest BCUT2D eigenvalue weighted by atomic mass is 28.3. The van der Waals surface area contributed by atoms with E-state index >= 15 is 0 Å². The van der Waals surface area contributed by atoms with Gasteiger partial charge in [0.25, 0.3) is 0 Å². The predicted octanol–water partition coefficient (Wildman–Crippen LogP) is 3.71. The van der Waals surface area contributed by atoms with Crippen LogP contribution in [0.5, 0.6) is 0 Å². The molecule has 0 spiro atoms. The molecule has 1 aliphatic heterocycles. The van der Waals surface area contributed by atoms with Crippen molar-refractivity contribution in [2.24, 2.45) is 0 Å². The molecule has 0 nitrogen and oxygen atoms in total. The molecule has 81 valence electrons. The van der Waals surface area contributed by atoms with Crippen LogP contribution in [0.15, 0.2) is 54.6 Å². The van der Waals surface area contributed by atoms with Crippen molar-refractivity contribution >= 4 is 35.5 Å². The third kappa shape index (κ3) is 1.50. The molecule has 3 aromatic carbocycles. The lowest BCUT2D eigenvalue weighted by atomic mass is 10.0. The first-order chi connectivity index (χ1) is 8.42. The Morgan fingerprint density at radius 3 is 2.18 bits per heavy atom. The molecule has 0 saturated carbocycles. The largest absolute Gasteiger partial charge is 0.0859 e. The molecule has 0 amide bonds. The van der Waals surface area contributed by atoms with Crippen molar-refractivity contribution in [3.63, 3.8) is 0 Å². The molecule has 0 aliphatic carbocycles. The van der Waals surface area contributed by atoms with E-state index in [1.807, 2.05) is 0 Å². The van der Waals surface area contributed by atoms with Crippen LogP contribution in [0.2, 0.25) is 12.1 Å². The third-order valence-corrected chi connectivity index (χ3v) is 5.83. The zero-order valence-corrected chi connectivity index (χ0v) is 10.6. The van der Waals surface area contributed by atoms with Crippen LogP contribution in [0.25, 0.3) is 21.5 Å². The van der Waals surface area contributed by atoms with Gasteiger partial charge < -0.3 is 0 Å². The van der Waals surface area contributed by atoms with Gasteiger partial charge in [-0.25, -0.2) is 0 Å². The van der Waals surface area contributed by atoms with Crippen LogP contribution < -0.4 is 5.19 Å². The standard InChI is InChI=1S/C16H13Si/c1-2-5-13-11-15-14(10-12(13)4-1)6-3-7-16(15)17-8-9-17/h1-7,10-11H,8-9H2. The van der Waals surface area contributed by atoms with E-state index in [4.69, 9.17) is 0 Å². The first-order valence-corrected chi connectivity index (χ1v) is 8.10. The highest BCUT2D eigenvalue weighted by Gasteiger charge is 2.27. The van der Waals surface area contributed by atoms with Crippen LogP contribution >= 0.6 is 0 Å². The van der Waals surface area contributed by atoms with Crippen molar-refractivity contribution in [2.75, 3.05) is 0 Å². The van der Waals surface area contributed by atoms with Gasteiger partial charge in [-0.1, -0.05) is 59.7 Å². The Balaban J connectivity index is 2.12. The zero-order chi connectivity index (χ0) is 11.2. The summed E-state index contributed by atoms with van der Waals surface area (Å²) >= 11 is 0. The fourth-order valence-corrected chi connectivity index (χ4v) is 4.57. The zero-order valence-electron chi connectivity index (χ0n) is 9.61. The number of rotatable bonds is 1. The summed E-state index contributed by atoms with van der Waals surface area (Å²) in [5, 5.41) is 7.28. The Morgan fingerprint density at radius 2 is 1.41 bits per heavy atom. The van der Waals surface area contributed by atoms with Crippen molar-refractivity contribution < 1.29 is 0 Å². The van der Waals surface area contributed by atoms with E-state index in [1.54, 1.807) is 5.19 Å². The van der Waals surface area contributed by atoms with Gasteiger partial charge in [-0.05, 0) is 33.7 Å². The Labute approximate surface area is 102 Å². The minimum Gasteiger partial charge on any atom is -0.0626 e. The minimum absolute atomic E-state index is 0.155. The molecular formula is C16H13Si. The lowest BCUT2D eigenvalue weighted by molar-refractivity contribution is 1.69. The van der Waals surface area contributed by atoms with Crippen LogP contribution in [0.4, 0.5) is 0 Å². The van der Waals surface area contributed by atoms with Gasteiger partial charge in [0.2, 0.25) is 0 Å². The van der Waals surface area contributed by atoms with Gasteiger partial charge in [0.05, 0.1) is 8.80 Å². The molecule has 0 N–H and O–H groups in total. The van der Waals surface area contributed by atoms with Gasteiger partial charge >= 0.3 is 0 Å². The maximum Gasteiger partial charge on any atom is 0.0859 e. The summed E-state index contributed by atoms with van der Waals surface area (Å²) < 4.78 is 0. The quantitative estimate of drug-likeness (QED) is 0.444. The van der Waals surface area contributed by atoms with E-state index in [-0.39, 0.29) is 8.80 Å². The molecular weight excluding hydrogens is 220 g/mol. The van der Waals surface area contributed by atoms with Gasteiger partial charge in [0.1, 0.15) is 0 Å². The van der Waals surface area contributed by atoms with E-state index in [1.165, 1.54) is 33.6 Å². The Hall–Kier alpha value is -1.60. The van der Waals surface area contributed by atoms with Crippen LogP contribution in [-0.4, -0.2) is 8.80 Å². The fourth-order valence-electron chi connectivity index (χ4n) is 2.61. The van der Waals surface area contributed by atoms with Gasteiger partial charge in [0, 0.05) is 0 Å².